The molecule has 0 spiro atoms. The first-order chi connectivity index (χ1) is 9.72. The summed E-state index contributed by atoms with van der Waals surface area (Å²) >= 11 is 5.95. The van der Waals surface area contributed by atoms with Crippen LogP contribution in [-0.2, 0) is 0 Å². The normalized spacial score (nSPS) is 18.1. The summed E-state index contributed by atoms with van der Waals surface area (Å²) in [6.07, 6.45) is 4.80. The number of nitrogens with zero attached hydrogens (tertiary/aromatic N) is 1. The molecule has 2 nitrogen and oxygen atoms in total. The van der Waals surface area contributed by atoms with Crippen LogP contribution in [0.25, 0.3) is 0 Å². The van der Waals surface area contributed by atoms with Crippen molar-refractivity contribution < 1.29 is 4.39 Å². The number of rotatable bonds is 6. The first kappa shape index (κ1) is 15.7. The van der Waals surface area contributed by atoms with Gasteiger partial charge in [0, 0.05) is 32.2 Å². The third-order valence-electron chi connectivity index (χ3n) is 4.00. The highest BCUT2D eigenvalue weighted by molar-refractivity contribution is 6.30. The van der Waals surface area contributed by atoms with Crippen LogP contribution < -0.4 is 5.32 Å². The maximum atomic E-state index is 13.4. The lowest BCUT2D eigenvalue weighted by Gasteiger charge is -2.35. The second kappa shape index (κ2) is 7.96. The minimum Gasteiger partial charge on any atom is -0.314 e. The highest BCUT2D eigenvalue weighted by atomic mass is 35.5. The van der Waals surface area contributed by atoms with Crippen LogP contribution in [0.5, 0.6) is 0 Å². The molecule has 1 aromatic rings. The summed E-state index contributed by atoms with van der Waals surface area (Å²) in [6.45, 7) is 6.37. The Hall–Kier alpha value is -0.640. The summed E-state index contributed by atoms with van der Waals surface area (Å²) in [4.78, 5) is 2.50. The fourth-order valence-corrected chi connectivity index (χ4v) is 3.05. The van der Waals surface area contributed by atoms with Crippen LogP contribution in [0.2, 0.25) is 5.02 Å². The van der Waals surface area contributed by atoms with Gasteiger partial charge < -0.3 is 5.32 Å². The third-order valence-corrected chi connectivity index (χ3v) is 4.29. The van der Waals surface area contributed by atoms with Gasteiger partial charge in [0.2, 0.25) is 0 Å². The molecular formula is C16H24ClFN2. The van der Waals surface area contributed by atoms with E-state index in [1.807, 2.05) is 6.07 Å². The Morgan fingerprint density at radius 1 is 1.30 bits per heavy atom. The van der Waals surface area contributed by atoms with Crippen molar-refractivity contribution in [1.82, 2.24) is 10.2 Å². The first-order valence-electron chi connectivity index (χ1n) is 7.62. The molecule has 4 heteroatoms. The van der Waals surface area contributed by atoms with Gasteiger partial charge >= 0.3 is 0 Å². The molecule has 0 unspecified atom stereocenters. The summed E-state index contributed by atoms with van der Waals surface area (Å²) in [7, 11) is 0. The first-order valence-corrected chi connectivity index (χ1v) is 8.00. The van der Waals surface area contributed by atoms with E-state index in [-0.39, 0.29) is 10.8 Å². The number of halogens is 2. The maximum absolute atomic E-state index is 13.4. The Morgan fingerprint density at radius 2 is 2.05 bits per heavy atom. The second-order valence-corrected chi connectivity index (χ2v) is 5.88. The zero-order chi connectivity index (χ0) is 14.4. The smallest absolute Gasteiger partial charge is 0.141 e. The number of hydrogen-bond donors (Lipinski definition) is 1. The largest absolute Gasteiger partial charge is 0.314 e. The topological polar surface area (TPSA) is 15.3 Å². The molecular weight excluding hydrogens is 275 g/mol. The predicted octanol–water partition coefficient (Wildman–Crippen LogP) is 4.01. The van der Waals surface area contributed by atoms with Crippen molar-refractivity contribution >= 4 is 11.6 Å². The number of benzene rings is 1. The van der Waals surface area contributed by atoms with E-state index in [0.29, 0.717) is 6.04 Å². The van der Waals surface area contributed by atoms with Crippen molar-refractivity contribution in [3.05, 3.63) is 34.6 Å². The van der Waals surface area contributed by atoms with E-state index in [1.165, 1.54) is 25.3 Å². The Labute approximate surface area is 126 Å². The van der Waals surface area contributed by atoms with Crippen LogP contribution in [0.1, 0.15) is 44.2 Å². The average Bonchev–Trinajstić information content (AvgIpc) is 2.48. The van der Waals surface area contributed by atoms with Gasteiger partial charge in [-0.1, -0.05) is 43.9 Å². The number of hydrogen-bond acceptors (Lipinski definition) is 2. The molecule has 1 fully saturated rings. The van der Waals surface area contributed by atoms with Gasteiger partial charge in [-0.2, -0.15) is 0 Å². The van der Waals surface area contributed by atoms with Gasteiger partial charge in [-0.15, -0.1) is 0 Å². The summed E-state index contributed by atoms with van der Waals surface area (Å²) in [5.41, 5.74) is 1.15. The van der Waals surface area contributed by atoms with Crippen LogP contribution in [0, 0.1) is 5.82 Å². The van der Waals surface area contributed by atoms with E-state index in [2.05, 4.69) is 17.1 Å². The maximum Gasteiger partial charge on any atom is 0.141 e. The molecule has 2 rings (SSSR count). The highest BCUT2D eigenvalue weighted by Gasteiger charge is 2.22. The van der Waals surface area contributed by atoms with E-state index in [4.69, 9.17) is 11.6 Å². The van der Waals surface area contributed by atoms with Gasteiger partial charge in [-0.25, -0.2) is 4.39 Å². The van der Waals surface area contributed by atoms with Gasteiger partial charge in [-0.05, 0) is 24.1 Å². The van der Waals surface area contributed by atoms with E-state index in [9.17, 15) is 4.39 Å². The van der Waals surface area contributed by atoms with Gasteiger partial charge in [0.15, 0.2) is 0 Å². The summed E-state index contributed by atoms with van der Waals surface area (Å²) < 4.78 is 13.4. The molecule has 20 heavy (non-hydrogen) atoms. The minimum absolute atomic E-state index is 0.234. The Bertz CT molecular complexity index is 419. The zero-order valence-corrected chi connectivity index (χ0v) is 12.9. The van der Waals surface area contributed by atoms with Crippen molar-refractivity contribution in [2.45, 2.75) is 38.6 Å². The molecule has 0 aliphatic carbocycles. The molecule has 1 aliphatic rings. The fourth-order valence-electron chi connectivity index (χ4n) is 2.86. The van der Waals surface area contributed by atoms with Gasteiger partial charge in [0.1, 0.15) is 5.82 Å². The molecule has 1 aromatic carbocycles. The summed E-state index contributed by atoms with van der Waals surface area (Å²) in [6, 6.07) is 5.55. The Balaban J connectivity index is 2.12. The second-order valence-electron chi connectivity index (χ2n) is 5.47. The van der Waals surface area contributed by atoms with Crippen molar-refractivity contribution in [2.75, 3.05) is 26.2 Å². The minimum atomic E-state index is -0.331. The molecule has 0 amide bonds. The van der Waals surface area contributed by atoms with Crippen molar-refractivity contribution in [3.8, 4) is 0 Å². The molecule has 1 heterocycles. The molecule has 0 aromatic heterocycles. The SMILES string of the molecule is CCCCC[C@H](c1ccc(F)c(Cl)c1)N1CCNCC1. The quantitative estimate of drug-likeness (QED) is 0.799. The Kier molecular flexibility index (Phi) is 6.27. The van der Waals surface area contributed by atoms with Crippen molar-refractivity contribution in [1.29, 1.82) is 0 Å². The van der Waals surface area contributed by atoms with Crippen LogP contribution in [0.4, 0.5) is 4.39 Å². The molecule has 1 saturated heterocycles. The molecule has 1 aliphatic heterocycles. The van der Waals surface area contributed by atoms with E-state index < -0.39 is 0 Å². The van der Waals surface area contributed by atoms with Gasteiger partial charge in [0.05, 0.1) is 5.02 Å². The molecule has 1 N–H and O–H groups in total. The third kappa shape index (κ3) is 4.18. The lowest BCUT2D eigenvalue weighted by atomic mass is 9.98. The van der Waals surface area contributed by atoms with Crippen LogP contribution in [-0.4, -0.2) is 31.1 Å². The van der Waals surface area contributed by atoms with Crippen molar-refractivity contribution in [2.24, 2.45) is 0 Å². The van der Waals surface area contributed by atoms with Crippen LogP contribution in [0.3, 0.4) is 0 Å². The Morgan fingerprint density at radius 3 is 2.70 bits per heavy atom. The number of nitrogens with one attached hydrogen (secondary N) is 1. The monoisotopic (exact) mass is 298 g/mol. The highest BCUT2D eigenvalue weighted by Crippen LogP contribution is 2.29. The summed E-state index contributed by atoms with van der Waals surface area (Å²) in [5.74, 6) is -0.331. The average molecular weight is 299 g/mol. The van der Waals surface area contributed by atoms with Crippen LogP contribution >= 0.6 is 11.6 Å². The lowest BCUT2D eigenvalue weighted by Crippen LogP contribution is -2.45. The number of piperazine rings is 1. The zero-order valence-electron chi connectivity index (χ0n) is 12.2. The molecule has 0 saturated carbocycles. The molecule has 112 valence electrons. The standard InChI is InChI=1S/C16H24ClFN2/c1-2-3-4-5-16(20-10-8-19-9-11-20)13-6-7-15(18)14(17)12-13/h6-7,12,16,19H,2-5,8-11H2,1H3/t16-/m1/s1. The molecule has 0 radical (unpaired) electrons. The summed E-state index contributed by atoms with van der Waals surface area (Å²) in [5, 5.41) is 3.62. The van der Waals surface area contributed by atoms with E-state index in [0.717, 1.165) is 38.2 Å². The lowest BCUT2D eigenvalue weighted by molar-refractivity contribution is 0.162. The molecule has 1 atom stereocenters. The fraction of sp³-hybridized carbons (Fsp3) is 0.625. The van der Waals surface area contributed by atoms with Gasteiger partial charge in [0.25, 0.3) is 0 Å². The van der Waals surface area contributed by atoms with E-state index >= 15 is 0 Å². The van der Waals surface area contributed by atoms with Crippen molar-refractivity contribution in [3.63, 3.8) is 0 Å². The molecule has 0 bridgehead atoms. The van der Waals surface area contributed by atoms with Crippen LogP contribution in [0.15, 0.2) is 18.2 Å². The van der Waals surface area contributed by atoms with E-state index in [1.54, 1.807) is 6.07 Å². The predicted molar refractivity (Wildman–Crippen MR) is 82.7 cm³/mol. The number of unbranched alkanes of at least 4 members (excludes halogenated alkanes) is 2. The van der Waals surface area contributed by atoms with Gasteiger partial charge in [-0.3, -0.25) is 4.90 Å².